The molecule has 0 amide bonds. The van der Waals surface area contributed by atoms with Gasteiger partial charge in [-0.1, -0.05) is 59.1 Å². The molecular formula is C21H17Cl3NO2. The maximum atomic E-state index is 11.7. The summed E-state index contributed by atoms with van der Waals surface area (Å²) in [7, 11) is 0. The topological polar surface area (TPSA) is 41.2 Å². The Labute approximate surface area is 172 Å². The summed E-state index contributed by atoms with van der Waals surface area (Å²) in [6, 6.07) is 14.6. The predicted molar refractivity (Wildman–Crippen MR) is 110 cm³/mol. The molecule has 1 radical (unpaired) electrons. The van der Waals surface area contributed by atoms with Crippen LogP contribution in [0.4, 0.5) is 0 Å². The molecule has 1 fully saturated rings. The summed E-state index contributed by atoms with van der Waals surface area (Å²) in [5, 5.41) is 18.2. The molecule has 27 heavy (non-hydrogen) atoms. The average Bonchev–Trinajstić information content (AvgIpc) is 2.66. The van der Waals surface area contributed by atoms with Gasteiger partial charge in [-0.3, -0.25) is 10.4 Å². The van der Waals surface area contributed by atoms with E-state index in [9.17, 15) is 5.11 Å². The normalized spacial score (nSPS) is 20.0. The molecule has 3 nitrogen and oxygen atoms in total. The highest BCUT2D eigenvalue weighted by Crippen LogP contribution is 2.38. The molecule has 0 spiro atoms. The molecule has 2 atom stereocenters. The molecule has 1 heterocycles. The number of ether oxygens (including phenoxy) is 1. The van der Waals surface area contributed by atoms with Gasteiger partial charge in [0.2, 0.25) is 0 Å². The molecule has 3 aromatic carbocycles. The van der Waals surface area contributed by atoms with E-state index < -0.39 is 0 Å². The van der Waals surface area contributed by atoms with E-state index in [0.29, 0.717) is 20.8 Å². The Morgan fingerprint density at radius 3 is 2.56 bits per heavy atom. The number of rotatable bonds is 3. The Morgan fingerprint density at radius 2 is 1.78 bits per heavy atom. The first-order valence-corrected chi connectivity index (χ1v) is 9.90. The Kier molecular flexibility index (Phi) is 5.38. The van der Waals surface area contributed by atoms with Crippen LogP contribution in [-0.2, 0) is 5.11 Å². The molecule has 4 rings (SSSR count). The second-order valence-electron chi connectivity index (χ2n) is 6.67. The molecule has 0 saturated carbocycles. The minimum atomic E-state index is -0.232. The van der Waals surface area contributed by atoms with E-state index in [-0.39, 0.29) is 17.9 Å². The summed E-state index contributed by atoms with van der Waals surface area (Å²) in [5.41, 5.74) is 1.16. The molecule has 1 aliphatic heterocycles. The molecule has 1 saturated heterocycles. The zero-order chi connectivity index (χ0) is 19.0. The minimum Gasteiger partial charge on any atom is -0.475 e. The first-order valence-electron chi connectivity index (χ1n) is 8.77. The minimum absolute atomic E-state index is 0.0136. The molecule has 6 heteroatoms. The quantitative estimate of drug-likeness (QED) is 0.472. The van der Waals surface area contributed by atoms with E-state index in [0.717, 1.165) is 35.7 Å². The van der Waals surface area contributed by atoms with E-state index in [1.165, 1.54) is 0 Å². The number of piperidine rings is 1. The molecule has 1 aliphatic rings. The van der Waals surface area contributed by atoms with Crippen molar-refractivity contribution in [3.05, 3.63) is 69.2 Å². The second-order valence-corrected chi connectivity index (χ2v) is 7.86. The van der Waals surface area contributed by atoms with E-state index in [2.05, 4.69) is 11.4 Å². The lowest BCUT2D eigenvalue weighted by Crippen LogP contribution is -2.44. The van der Waals surface area contributed by atoms with Crippen molar-refractivity contribution in [1.82, 2.24) is 5.32 Å². The van der Waals surface area contributed by atoms with Crippen molar-refractivity contribution in [2.45, 2.75) is 25.0 Å². The van der Waals surface area contributed by atoms with Gasteiger partial charge in [0.1, 0.15) is 5.75 Å². The van der Waals surface area contributed by atoms with E-state index in [1.54, 1.807) is 24.3 Å². The van der Waals surface area contributed by atoms with Crippen LogP contribution in [0.5, 0.6) is 11.5 Å². The number of benzene rings is 3. The van der Waals surface area contributed by atoms with Crippen LogP contribution in [0.3, 0.4) is 0 Å². The van der Waals surface area contributed by atoms with Gasteiger partial charge in [-0.15, -0.1) is 0 Å². The van der Waals surface area contributed by atoms with Gasteiger partial charge in [-0.05, 0) is 47.9 Å². The van der Waals surface area contributed by atoms with Crippen LogP contribution in [-0.4, -0.2) is 12.8 Å². The van der Waals surface area contributed by atoms with Gasteiger partial charge >= 0.3 is 0 Å². The third kappa shape index (κ3) is 3.83. The lowest BCUT2D eigenvalue weighted by molar-refractivity contribution is 0.109. The van der Waals surface area contributed by atoms with Crippen molar-refractivity contribution in [1.29, 1.82) is 0 Å². The largest absolute Gasteiger partial charge is 0.475 e. The number of halogens is 3. The fraction of sp³-hybridized carbons (Fsp3) is 0.238. The van der Waals surface area contributed by atoms with Gasteiger partial charge in [0.05, 0.1) is 15.1 Å². The van der Waals surface area contributed by atoms with Crippen molar-refractivity contribution in [2.75, 3.05) is 6.54 Å². The SMILES string of the molecule is [O]c1ccc2c(C3CCCNC3Oc3cc(Cl)c(Cl)c(Cl)c3)cccc2c1. The molecule has 0 aliphatic carbocycles. The average molecular weight is 422 g/mol. The number of nitrogens with one attached hydrogen (secondary N) is 1. The molecule has 0 bridgehead atoms. The lowest BCUT2D eigenvalue weighted by Gasteiger charge is -2.34. The molecular weight excluding hydrogens is 405 g/mol. The van der Waals surface area contributed by atoms with Crippen LogP contribution in [0.25, 0.3) is 10.8 Å². The van der Waals surface area contributed by atoms with Crippen LogP contribution >= 0.6 is 34.8 Å². The second kappa shape index (κ2) is 7.76. The number of fused-ring (bicyclic) bond motifs is 1. The summed E-state index contributed by atoms with van der Waals surface area (Å²) in [5.74, 6) is 0.716. The van der Waals surface area contributed by atoms with Crippen LogP contribution in [0.15, 0.2) is 48.5 Å². The van der Waals surface area contributed by atoms with E-state index in [1.807, 2.05) is 18.2 Å². The molecule has 139 valence electrons. The summed E-state index contributed by atoms with van der Waals surface area (Å²) in [4.78, 5) is 0. The third-order valence-corrected chi connectivity index (χ3v) is 6.11. The maximum Gasteiger partial charge on any atom is 0.179 e. The zero-order valence-electron chi connectivity index (χ0n) is 14.3. The molecule has 1 N–H and O–H groups in total. The standard InChI is InChI=1S/C21H17Cl3NO2/c22-18-10-14(11-19(23)20(18)24)27-21-17(5-2-8-25-21)16-4-1-3-12-9-13(26)6-7-15(12)16/h1,3-4,6-7,9-11,17,21,25H,2,5,8H2. The summed E-state index contributed by atoms with van der Waals surface area (Å²) >= 11 is 18.3. The fourth-order valence-corrected chi connectivity index (χ4v) is 4.24. The fourth-order valence-electron chi connectivity index (χ4n) is 3.66. The van der Waals surface area contributed by atoms with Crippen molar-refractivity contribution in [3.63, 3.8) is 0 Å². The summed E-state index contributed by atoms with van der Waals surface area (Å²) in [6.45, 7) is 0.867. The van der Waals surface area contributed by atoms with Crippen LogP contribution in [0.2, 0.25) is 15.1 Å². The monoisotopic (exact) mass is 420 g/mol. The third-order valence-electron chi connectivity index (χ3n) is 4.91. The summed E-state index contributed by atoms with van der Waals surface area (Å²) in [6.07, 6.45) is 1.79. The Bertz CT molecular complexity index is 969. The predicted octanol–water partition coefficient (Wildman–Crippen LogP) is 6.82. The Morgan fingerprint density at radius 1 is 1.00 bits per heavy atom. The first kappa shape index (κ1) is 18.7. The number of hydrogen-bond acceptors (Lipinski definition) is 2. The van der Waals surface area contributed by atoms with Crippen LogP contribution in [0, 0.1) is 0 Å². The van der Waals surface area contributed by atoms with Crippen molar-refractivity contribution in [2.24, 2.45) is 0 Å². The van der Waals surface area contributed by atoms with E-state index in [4.69, 9.17) is 39.5 Å². The van der Waals surface area contributed by atoms with Gasteiger partial charge in [0.25, 0.3) is 0 Å². The Balaban J connectivity index is 1.69. The highest BCUT2D eigenvalue weighted by molar-refractivity contribution is 6.48. The highest BCUT2D eigenvalue weighted by atomic mass is 35.5. The van der Waals surface area contributed by atoms with Crippen molar-refractivity contribution >= 4 is 45.6 Å². The van der Waals surface area contributed by atoms with Crippen LogP contribution in [0.1, 0.15) is 24.3 Å². The lowest BCUT2D eigenvalue weighted by atomic mass is 9.86. The molecule has 2 unspecified atom stereocenters. The summed E-state index contributed by atoms with van der Waals surface area (Å²) < 4.78 is 6.21. The maximum absolute atomic E-state index is 11.7. The van der Waals surface area contributed by atoms with Gasteiger partial charge in [-0.2, -0.15) is 0 Å². The van der Waals surface area contributed by atoms with Gasteiger partial charge in [0, 0.05) is 18.1 Å². The van der Waals surface area contributed by atoms with Crippen molar-refractivity contribution in [3.8, 4) is 11.5 Å². The molecule has 3 aromatic rings. The van der Waals surface area contributed by atoms with E-state index >= 15 is 0 Å². The smallest absolute Gasteiger partial charge is 0.179 e. The Hall–Kier alpha value is -1.65. The highest BCUT2D eigenvalue weighted by Gasteiger charge is 2.29. The van der Waals surface area contributed by atoms with Crippen molar-refractivity contribution < 1.29 is 9.84 Å². The first-order chi connectivity index (χ1) is 13.0. The van der Waals surface area contributed by atoms with Gasteiger partial charge in [-0.25, -0.2) is 0 Å². The van der Waals surface area contributed by atoms with Gasteiger partial charge < -0.3 is 4.74 Å². The number of hydrogen-bond donors (Lipinski definition) is 1. The molecule has 0 aromatic heterocycles. The van der Waals surface area contributed by atoms with Crippen LogP contribution < -0.4 is 10.1 Å². The van der Waals surface area contributed by atoms with Gasteiger partial charge in [0.15, 0.2) is 12.0 Å². The zero-order valence-corrected chi connectivity index (χ0v) is 16.6.